The average molecular weight is 2120 g/mol. The minimum Gasteiger partial charge on any atom is -0.506 e. The topological polar surface area (TPSA) is 529 Å². The van der Waals surface area contributed by atoms with E-state index in [1.54, 1.807) is 0 Å². The monoisotopic (exact) mass is 2110 g/mol. The van der Waals surface area contributed by atoms with Crippen LogP contribution in [-0.2, 0) is 64.4 Å². The fourth-order valence-electron chi connectivity index (χ4n) is 9.70. The van der Waals surface area contributed by atoms with Crippen molar-refractivity contribution in [3.05, 3.63) is 205 Å². The highest BCUT2D eigenvalue weighted by Gasteiger charge is 2.31. The van der Waals surface area contributed by atoms with E-state index in [9.17, 15) is 81.3 Å². The summed E-state index contributed by atoms with van der Waals surface area (Å²) in [5.41, 5.74) is 14.2. The van der Waals surface area contributed by atoms with E-state index in [2.05, 4.69) is 149 Å². The Morgan fingerprint density at radius 1 is 0.403 bits per heavy atom. The van der Waals surface area contributed by atoms with E-state index < -0.39 is 95.8 Å². The number of rotatable bonds is 30. The van der Waals surface area contributed by atoms with Gasteiger partial charge in [0.25, 0.3) is 64.1 Å². The number of phenolic OH excluding ortho intramolecular Hbond substituents is 2. The lowest BCUT2D eigenvalue weighted by atomic mass is 10.1. The molecule has 20 N–H and O–H groups in total. The molecule has 8 rings (SSSR count). The normalized spacial score (nSPS) is 12.3. The number of nitrogens with one attached hydrogen (secondary N) is 14. The Balaban J connectivity index is 0.795. The largest absolute Gasteiger partial charge is 0.506 e. The molecule has 0 saturated heterocycles. The molecule has 2 atom stereocenters. The molecule has 0 aliphatic carbocycles. The summed E-state index contributed by atoms with van der Waals surface area (Å²) in [6.45, 7) is 0.313. The van der Waals surface area contributed by atoms with Gasteiger partial charge in [-0.2, -0.15) is 43.9 Å². The van der Waals surface area contributed by atoms with Crippen LogP contribution in [0.1, 0.15) is 33.4 Å². The molecular formula is C68H58Br4Cl4N16O19S8. The molecule has 119 heavy (non-hydrogen) atoms. The van der Waals surface area contributed by atoms with E-state index in [0.717, 1.165) is 48.6 Å². The van der Waals surface area contributed by atoms with Crippen molar-refractivity contribution in [1.82, 2.24) is 43.2 Å². The molecule has 51 heteroatoms. The zero-order chi connectivity index (χ0) is 87.4. The van der Waals surface area contributed by atoms with Gasteiger partial charge in [0.15, 0.2) is 32.5 Å². The average Bonchev–Trinajstić information content (AvgIpc) is 0.802. The number of thiocarbonyl (C=S) groups is 4. The van der Waals surface area contributed by atoms with Crippen molar-refractivity contribution in [3.8, 4) is 11.5 Å². The van der Waals surface area contributed by atoms with Crippen molar-refractivity contribution in [1.29, 1.82) is 0 Å². The number of benzene rings is 8. The Hall–Kier alpha value is -8.90. The van der Waals surface area contributed by atoms with Crippen LogP contribution in [0.15, 0.2) is 181 Å². The predicted octanol–water partition coefficient (Wildman–Crippen LogP) is 11.3. The fourth-order valence-corrected chi connectivity index (χ4v) is 16.7. The molecule has 628 valence electrons. The Morgan fingerprint density at radius 2 is 0.689 bits per heavy atom. The Morgan fingerprint density at radius 3 is 0.966 bits per heavy atom. The summed E-state index contributed by atoms with van der Waals surface area (Å²) in [6, 6.07) is 25.2. The van der Waals surface area contributed by atoms with Crippen molar-refractivity contribution in [2.75, 3.05) is 58.2 Å². The van der Waals surface area contributed by atoms with Crippen LogP contribution in [0.3, 0.4) is 0 Å². The standard InChI is InChI=1S/C68H58Br4Cl4N16O19S8/c69-45-21-33(22-46(70)59(45)93)31-79-87-61(95)57(85-51-15-9-39(73)25-49(51)75)63(97)89-91-67(114)83-43-13-7-37(55(29-43)118(105,106)107)3-1-35-5-11-41(27-53(35)116(99,100)101)81-65(112)77-17-19-111-20-18-78-66(113)82-42-12-6-36(54(28-42)117(102,103)104)2-4-38-8-14-44(30-56(38)119(108,109)110)84-68(115)92-90-64(98)58(86-52-16-10-40(74)26-50(52)76)62(96)88-80-32-34-23-47(71)60(94)48(72)24-34/h1-16,21-32,57-58,85-86,93-94H,17-20H2,(H,87,95)(H,88,96)(H,89,97)(H,90,98)(H2,77,81,112)(H2,78,82,113)(H2,83,91,114)(H2,84,92,115)(H,99,100,101)(H,102,103,104)(H,105,106,107)(H,108,109,110)/b3-1+,4-2+,79-31-,80-32-. The number of carbonyl (C=O) groups excluding carboxylic acids is 4. The minimum atomic E-state index is -5.03. The molecule has 0 spiro atoms. The van der Waals surface area contributed by atoms with Crippen molar-refractivity contribution in [2.45, 2.75) is 31.7 Å². The molecule has 0 saturated carbocycles. The molecule has 0 bridgehead atoms. The molecule has 2 unspecified atom stereocenters. The van der Waals surface area contributed by atoms with E-state index in [4.69, 9.17) is 100 Å². The van der Waals surface area contributed by atoms with Gasteiger partial charge in [-0.25, -0.2) is 10.9 Å². The summed E-state index contributed by atoms with van der Waals surface area (Å²) < 4.78 is 150. The third-order valence-electron chi connectivity index (χ3n) is 15.1. The van der Waals surface area contributed by atoms with Crippen LogP contribution in [0.5, 0.6) is 11.5 Å². The number of halogens is 8. The highest BCUT2D eigenvalue weighted by Crippen LogP contribution is 2.36. The molecule has 0 aliphatic heterocycles. The van der Waals surface area contributed by atoms with E-state index in [1.165, 1.54) is 122 Å². The van der Waals surface area contributed by atoms with Crippen molar-refractivity contribution in [2.24, 2.45) is 10.2 Å². The highest BCUT2D eigenvalue weighted by molar-refractivity contribution is 9.11. The first-order valence-corrected chi connectivity index (χ1v) is 44.7. The number of carbonyl (C=O) groups is 4. The van der Waals surface area contributed by atoms with Crippen LogP contribution in [0.25, 0.3) is 24.3 Å². The smallest absolute Gasteiger partial charge is 0.295 e. The maximum Gasteiger partial charge on any atom is 0.295 e. The number of aromatic hydroxyl groups is 2. The molecular weight excluding hydrogens is 2060 g/mol. The third kappa shape index (κ3) is 29.2. The number of hydrazine groups is 2. The van der Waals surface area contributed by atoms with Crippen LogP contribution in [-0.4, -0.2) is 157 Å². The predicted molar refractivity (Wildman–Crippen MR) is 483 cm³/mol. The lowest BCUT2D eigenvalue weighted by molar-refractivity contribution is -0.132. The number of amides is 4. The number of ether oxygens (including phenoxy) is 1. The van der Waals surface area contributed by atoms with Gasteiger partial charge in [-0.1, -0.05) is 95.0 Å². The number of hydrogen-bond donors (Lipinski definition) is 20. The number of phenols is 2. The number of nitrogens with zero attached hydrogens (tertiary/aromatic N) is 2. The van der Waals surface area contributed by atoms with Crippen molar-refractivity contribution >= 4 is 314 Å². The van der Waals surface area contributed by atoms with Gasteiger partial charge in [-0.3, -0.25) is 59.1 Å². The summed E-state index contributed by atoms with van der Waals surface area (Å²) in [5, 5.41) is 49.6. The van der Waals surface area contributed by atoms with Gasteiger partial charge in [0.2, 0.25) is 0 Å². The second-order valence-electron chi connectivity index (χ2n) is 23.6. The minimum absolute atomic E-state index is 0.0161. The van der Waals surface area contributed by atoms with E-state index in [0.29, 0.717) is 29.0 Å². The maximum absolute atomic E-state index is 13.6. The van der Waals surface area contributed by atoms with E-state index >= 15 is 0 Å². The molecule has 0 aromatic heterocycles. The molecule has 0 radical (unpaired) electrons. The van der Waals surface area contributed by atoms with Gasteiger partial charge in [0.1, 0.15) is 31.1 Å². The quantitative estimate of drug-likeness (QED) is 0.00378. The van der Waals surface area contributed by atoms with Crippen LogP contribution in [0.4, 0.5) is 34.1 Å². The summed E-state index contributed by atoms with van der Waals surface area (Å²) in [4.78, 5) is 51.2. The zero-order valence-electron chi connectivity index (χ0n) is 59.3. The van der Waals surface area contributed by atoms with Crippen LogP contribution >= 0.6 is 159 Å². The summed E-state index contributed by atoms with van der Waals surface area (Å²) in [6.07, 6.45) is 7.00. The van der Waals surface area contributed by atoms with Crippen LogP contribution in [0, 0.1) is 0 Å². The first kappa shape index (κ1) is 95.6. The number of anilines is 6. The molecule has 8 aromatic rings. The Bertz CT molecular complexity index is 5580. The lowest BCUT2D eigenvalue weighted by Gasteiger charge is -2.20. The summed E-state index contributed by atoms with van der Waals surface area (Å²) in [7, 11) is -20.0. The zero-order valence-corrected chi connectivity index (χ0v) is 75.2. The fraction of sp³-hybridized carbons (Fsp3) is 0.0882. The summed E-state index contributed by atoms with van der Waals surface area (Å²) in [5.74, 6) is -4.24. The Kier molecular flexibility index (Phi) is 34.6. The van der Waals surface area contributed by atoms with Gasteiger partial charge in [0.05, 0.1) is 65.0 Å². The molecule has 35 nitrogen and oxygen atoms in total. The van der Waals surface area contributed by atoms with Gasteiger partial charge in [-0.05, 0) is 255 Å². The number of hydrogen-bond acceptors (Lipinski definition) is 23. The molecule has 0 fully saturated rings. The van der Waals surface area contributed by atoms with Crippen molar-refractivity contribution in [3.63, 3.8) is 0 Å². The first-order valence-electron chi connectivity index (χ1n) is 32.6. The Labute approximate surface area is 752 Å². The lowest BCUT2D eigenvalue weighted by Crippen LogP contribution is -2.54. The molecule has 8 aromatic carbocycles. The first-order chi connectivity index (χ1) is 55.9. The van der Waals surface area contributed by atoms with Crippen LogP contribution in [0.2, 0.25) is 20.1 Å². The van der Waals surface area contributed by atoms with Gasteiger partial charge >= 0.3 is 0 Å². The molecule has 0 heterocycles. The van der Waals surface area contributed by atoms with E-state index in [1.807, 2.05) is 0 Å². The van der Waals surface area contributed by atoms with Crippen molar-refractivity contribution < 1.29 is 86.0 Å². The molecule has 0 aliphatic rings. The second-order valence-corrected chi connectivity index (χ2v) is 35.9. The second kappa shape index (κ2) is 43.0. The van der Waals surface area contributed by atoms with Gasteiger partial charge in [0, 0.05) is 45.9 Å². The van der Waals surface area contributed by atoms with Crippen LogP contribution < -0.4 is 75.1 Å². The summed E-state index contributed by atoms with van der Waals surface area (Å²) >= 11 is 58.8. The van der Waals surface area contributed by atoms with Gasteiger partial charge < -0.3 is 57.5 Å². The van der Waals surface area contributed by atoms with E-state index in [-0.39, 0.29) is 135 Å². The van der Waals surface area contributed by atoms with Gasteiger partial charge in [-0.15, -0.1) is 0 Å². The highest BCUT2D eigenvalue weighted by atomic mass is 79.9. The maximum atomic E-state index is 13.6. The SMILES string of the molecule is O=C(N/N=C\c1cc(Br)c(O)c(Br)c1)C(Nc1ccc(Cl)cc1Cl)C(=O)NNC(=S)Nc1ccc(/C=C/c2ccc(NC(=S)NCCOCCNC(=S)Nc3ccc(/C=C/c4ccc(NC(=S)NNC(=O)C(Nc5ccc(Cl)cc5Cl)C(=O)N/N=C\c5cc(Br)c(O)c(Br)c5)cc4S(=O)(=O)O)c(S(=O)(=O)O)c3)cc2S(=O)(=O)O)c(S(=O)(=O)O)c1. The third-order valence-corrected chi connectivity index (χ3v) is 23.2. The molecule has 4 amide bonds. The number of hydrazone groups is 2.